The predicted octanol–water partition coefficient (Wildman–Crippen LogP) is 0.689. The minimum Gasteiger partial charge on any atom is -0.480 e. The second-order valence-electron chi connectivity index (χ2n) is 2.64. The Bertz CT molecular complexity index is 317. The van der Waals surface area contributed by atoms with E-state index in [4.69, 9.17) is 22.4 Å². The van der Waals surface area contributed by atoms with E-state index in [0.717, 1.165) is 5.56 Å². The van der Waals surface area contributed by atoms with E-state index in [1.807, 2.05) is 0 Å². The van der Waals surface area contributed by atoms with Gasteiger partial charge in [0.05, 0.1) is 0 Å². The summed E-state index contributed by atoms with van der Waals surface area (Å²) in [4.78, 5) is 14.2. The Hall–Kier alpha value is -1.13. The molecule has 1 unspecified atom stereocenters. The van der Waals surface area contributed by atoms with Gasteiger partial charge in [0, 0.05) is 6.20 Å². The predicted molar refractivity (Wildman–Crippen MR) is 48.6 cm³/mol. The smallest absolute Gasteiger partial charge is 0.320 e. The molecule has 13 heavy (non-hydrogen) atoms. The van der Waals surface area contributed by atoms with Crippen LogP contribution in [0.1, 0.15) is 5.56 Å². The molecule has 0 aliphatic heterocycles. The van der Waals surface area contributed by atoms with Crippen LogP contribution < -0.4 is 5.73 Å². The Morgan fingerprint density at radius 3 is 3.00 bits per heavy atom. The molecule has 0 aliphatic carbocycles. The minimum atomic E-state index is -1.02. The third kappa shape index (κ3) is 3.01. The number of nitrogens with zero attached hydrogens (tertiary/aromatic N) is 1. The molecule has 5 heteroatoms. The van der Waals surface area contributed by atoms with E-state index in [1.54, 1.807) is 12.1 Å². The van der Waals surface area contributed by atoms with Crippen LogP contribution in [0.5, 0.6) is 0 Å². The van der Waals surface area contributed by atoms with E-state index in [2.05, 4.69) is 4.98 Å². The molecule has 1 heterocycles. The molecule has 70 valence electrons. The van der Waals surface area contributed by atoms with Crippen molar-refractivity contribution >= 4 is 17.6 Å². The Balaban J connectivity index is 2.69. The number of rotatable bonds is 3. The molecule has 0 radical (unpaired) electrons. The van der Waals surface area contributed by atoms with Gasteiger partial charge in [-0.15, -0.1) is 0 Å². The number of carboxylic acids is 1. The van der Waals surface area contributed by atoms with Gasteiger partial charge in [0.1, 0.15) is 11.2 Å². The summed E-state index contributed by atoms with van der Waals surface area (Å²) in [7, 11) is 0. The van der Waals surface area contributed by atoms with Gasteiger partial charge in [-0.05, 0) is 24.1 Å². The van der Waals surface area contributed by atoms with Crippen LogP contribution in [0.3, 0.4) is 0 Å². The average Bonchev–Trinajstić information content (AvgIpc) is 2.04. The van der Waals surface area contributed by atoms with Crippen LogP contribution in [0.4, 0.5) is 0 Å². The Morgan fingerprint density at radius 1 is 1.77 bits per heavy atom. The number of halogens is 1. The first-order chi connectivity index (χ1) is 6.09. The summed E-state index contributed by atoms with van der Waals surface area (Å²) >= 11 is 5.61. The molecule has 0 saturated carbocycles. The van der Waals surface area contributed by atoms with E-state index in [-0.39, 0.29) is 6.42 Å². The van der Waals surface area contributed by atoms with E-state index in [1.165, 1.54) is 6.20 Å². The third-order valence-electron chi connectivity index (χ3n) is 1.56. The molecule has 1 aromatic heterocycles. The first kappa shape index (κ1) is 9.95. The summed E-state index contributed by atoms with van der Waals surface area (Å²) in [6.45, 7) is 0. The molecular weight excluding hydrogens is 192 g/mol. The van der Waals surface area contributed by atoms with Gasteiger partial charge in [-0.3, -0.25) is 4.79 Å². The van der Waals surface area contributed by atoms with Crippen LogP contribution in [0.25, 0.3) is 0 Å². The normalized spacial score (nSPS) is 12.5. The molecule has 4 nitrogen and oxygen atoms in total. The zero-order valence-electron chi connectivity index (χ0n) is 6.77. The molecule has 0 aliphatic rings. The topological polar surface area (TPSA) is 76.2 Å². The number of aromatic nitrogens is 1. The van der Waals surface area contributed by atoms with Crippen molar-refractivity contribution < 1.29 is 9.90 Å². The minimum absolute atomic E-state index is 0.261. The number of hydrogen-bond donors (Lipinski definition) is 2. The highest BCUT2D eigenvalue weighted by molar-refractivity contribution is 6.29. The number of nitrogens with two attached hydrogens (primary N) is 1. The highest BCUT2D eigenvalue weighted by Crippen LogP contribution is 2.08. The van der Waals surface area contributed by atoms with Crippen molar-refractivity contribution in [3.05, 3.63) is 29.0 Å². The van der Waals surface area contributed by atoms with Crippen molar-refractivity contribution in [3.8, 4) is 0 Å². The SMILES string of the molecule is NC(Cc1ccnc(Cl)c1)C(=O)O. The molecule has 0 fully saturated rings. The van der Waals surface area contributed by atoms with Crippen LogP contribution in [0, 0.1) is 0 Å². The fraction of sp³-hybridized carbons (Fsp3) is 0.250. The highest BCUT2D eigenvalue weighted by Gasteiger charge is 2.11. The second-order valence-corrected chi connectivity index (χ2v) is 3.02. The van der Waals surface area contributed by atoms with Gasteiger partial charge < -0.3 is 10.8 Å². The van der Waals surface area contributed by atoms with Crippen molar-refractivity contribution in [1.29, 1.82) is 0 Å². The van der Waals surface area contributed by atoms with Gasteiger partial charge in [-0.2, -0.15) is 0 Å². The maximum Gasteiger partial charge on any atom is 0.320 e. The highest BCUT2D eigenvalue weighted by atomic mass is 35.5. The first-order valence-corrected chi connectivity index (χ1v) is 4.06. The summed E-state index contributed by atoms with van der Waals surface area (Å²) in [6, 6.07) is 2.40. The molecule has 0 spiro atoms. The van der Waals surface area contributed by atoms with E-state index >= 15 is 0 Å². The second kappa shape index (κ2) is 4.20. The summed E-state index contributed by atoms with van der Waals surface area (Å²) in [5.41, 5.74) is 6.11. The maximum atomic E-state index is 10.4. The fourth-order valence-corrected chi connectivity index (χ4v) is 1.11. The maximum absolute atomic E-state index is 10.4. The van der Waals surface area contributed by atoms with Crippen LogP contribution in [0.15, 0.2) is 18.3 Å². The average molecular weight is 201 g/mol. The molecule has 3 N–H and O–H groups in total. The monoisotopic (exact) mass is 200 g/mol. The van der Waals surface area contributed by atoms with Crippen molar-refractivity contribution in [2.75, 3.05) is 0 Å². The lowest BCUT2D eigenvalue weighted by Gasteiger charge is -2.05. The van der Waals surface area contributed by atoms with Crippen LogP contribution >= 0.6 is 11.6 Å². The van der Waals surface area contributed by atoms with Gasteiger partial charge in [0.2, 0.25) is 0 Å². The van der Waals surface area contributed by atoms with Crippen LogP contribution in [-0.4, -0.2) is 22.1 Å². The van der Waals surface area contributed by atoms with Crippen molar-refractivity contribution in [3.63, 3.8) is 0 Å². The lowest BCUT2D eigenvalue weighted by Crippen LogP contribution is -2.32. The van der Waals surface area contributed by atoms with Crippen molar-refractivity contribution in [1.82, 2.24) is 4.98 Å². The number of hydrogen-bond acceptors (Lipinski definition) is 3. The molecule has 0 aromatic carbocycles. The lowest BCUT2D eigenvalue weighted by atomic mass is 10.1. The molecule has 1 rings (SSSR count). The van der Waals surface area contributed by atoms with Gasteiger partial charge in [0.15, 0.2) is 0 Å². The van der Waals surface area contributed by atoms with Crippen molar-refractivity contribution in [2.45, 2.75) is 12.5 Å². The number of carboxylic acid groups (broad SMARTS) is 1. The number of aliphatic carboxylic acids is 1. The summed E-state index contributed by atoms with van der Waals surface area (Å²) in [5.74, 6) is -1.02. The molecule has 0 saturated heterocycles. The zero-order chi connectivity index (χ0) is 9.84. The molecule has 0 amide bonds. The molecular formula is C8H9ClN2O2. The summed E-state index contributed by atoms with van der Waals surface area (Å²) in [6.07, 6.45) is 1.78. The Kier molecular flexibility index (Phi) is 3.22. The molecule has 0 bridgehead atoms. The first-order valence-electron chi connectivity index (χ1n) is 3.68. The standard InChI is InChI=1S/C8H9ClN2O2/c9-7-4-5(1-2-11-7)3-6(10)8(12)13/h1-2,4,6H,3,10H2,(H,12,13). The van der Waals surface area contributed by atoms with E-state index in [9.17, 15) is 4.79 Å². The fourth-order valence-electron chi connectivity index (χ4n) is 0.911. The van der Waals surface area contributed by atoms with Crippen LogP contribution in [-0.2, 0) is 11.2 Å². The summed E-state index contributed by atoms with van der Waals surface area (Å²) in [5, 5.41) is 8.88. The zero-order valence-corrected chi connectivity index (χ0v) is 7.53. The number of pyridine rings is 1. The van der Waals surface area contributed by atoms with E-state index in [0.29, 0.717) is 5.15 Å². The summed E-state index contributed by atoms with van der Waals surface area (Å²) < 4.78 is 0. The van der Waals surface area contributed by atoms with Gasteiger partial charge in [0.25, 0.3) is 0 Å². The molecule has 1 aromatic rings. The van der Waals surface area contributed by atoms with Gasteiger partial charge in [-0.25, -0.2) is 4.98 Å². The van der Waals surface area contributed by atoms with Crippen LogP contribution in [0.2, 0.25) is 5.15 Å². The largest absolute Gasteiger partial charge is 0.480 e. The lowest BCUT2D eigenvalue weighted by molar-refractivity contribution is -0.138. The van der Waals surface area contributed by atoms with Gasteiger partial charge in [-0.1, -0.05) is 11.6 Å². The third-order valence-corrected chi connectivity index (χ3v) is 1.77. The van der Waals surface area contributed by atoms with Crippen molar-refractivity contribution in [2.24, 2.45) is 5.73 Å². The van der Waals surface area contributed by atoms with Gasteiger partial charge >= 0.3 is 5.97 Å². The Labute approximate surface area is 80.3 Å². The van der Waals surface area contributed by atoms with E-state index < -0.39 is 12.0 Å². The Morgan fingerprint density at radius 2 is 2.46 bits per heavy atom. The quantitative estimate of drug-likeness (QED) is 0.704. The number of carbonyl (C=O) groups is 1. The molecule has 1 atom stereocenters.